The first kappa shape index (κ1) is 9.05. The van der Waals surface area contributed by atoms with Gasteiger partial charge in [-0.2, -0.15) is 0 Å². The van der Waals surface area contributed by atoms with Crippen molar-refractivity contribution in [2.45, 2.75) is 12.3 Å². The third-order valence-electron chi connectivity index (χ3n) is 0.771. The molecule has 1 unspecified atom stereocenters. The number of halogens is 2. The molecular formula is C5H9Cl2NO. The molecule has 0 saturated heterocycles. The normalized spacial score (nSPS) is 12.8. The SMILES string of the molecule is CCNC(=O)C(Cl)CCl. The Bertz CT molecular complexity index is 97.0. The van der Waals surface area contributed by atoms with Gasteiger partial charge in [0.2, 0.25) is 5.91 Å². The second kappa shape index (κ2) is 4.89. The second-order valence-corrected chi connectivity index (χ2v) is 2.35. The molecule has 0 spiro atoms. The van der Waals surface area contributed by atoms with E-state index in [0.717, 1.165) is 0 Å². The van der Waals surface area contributed by atoms with Crippen LogP contribution in [0.4, 0.5) is 0 Å². The molecule has 0 aliphatic heterocycles. The van der Waals surface area contributed by atoms with Crippen molar-refractivity contribution in [1.82, 2.24) is 5.32 Å². The van der Waals surface area contributed by atoms with E-state index in [1.807, 2.05) is 6.92 Å². The Balaban J connectivity index is 3.46. The monoisotopic (exact) mass is 169 g/mol. The molecule has 2 nitrogen and oxygen atoms in total. The minimum atomic E-state index is -0.591. The number of alkyl halides is 2. The number of rotatable bonds is 3. The standard InChI is InChI=1S/C5H9Cl2NO/c1-2-8-5(9)4(7)3-6/h4H,2-3H2,1H3,(H,8,9). The molecule has 4 heteroatoms. The quantitative estimate of drug-likeness (QED) is 0.628. The molecule has 1 atom stereocenters. The summed E-state index contributed by atoms with van der Waals surface area (Å²) in [5.74, 6) is -0.0397. The fourth-order valence-electron chi connectivity index (χ4n) is 0.355. The van der Waals surface area contributed by atoms with Crippen molar-refractivity contribution in [2.75, 3.05) is 12.4 Å². The van der Waals surface area contributed by atoms with Crippen LogP contribution in [0.15, 0.2) is 0 Å². The molecule has 0 saturated carbocycles. The Morgan fingerprint density at radius 3 is 2.67 bits per heavy atom. The summed E-state index contributed by atoms with van der Waals surface area (Å²) in [5, 5.41) is 1.95. The van der Waals surface area contributed by atoms with Crippen LogP contribution >= 0.6 is 23.2 Å². The fourth-order valence-corrected chi connectivity index (χ4v) is 0.572. The predicted octanol–water partition coefficient (Wildman–Crippen LogP) is 0.969. The van der Waals surface area contributed by atoms with Gasteiger partial charge in [-0.15, -0.1) is 23.2 Å². The van der Waals surface area contributed by atoms with Crippen LogP contribution in [0.5, 0.6) is 0 Å². The van der Waals surface area contributed by atoms with E-state index in [1.165, 1.54) is 0 Å². The summed E-state index contributed by atoms with van der Waals surface area (Å²) in [7, 11) is 0. The molecule has 0 bridgehead atoms. The molecule has 0 aromatic carbocycles. The minimum Gasteiger partial charge on any atom is -0.355 e. The van der Waals surface area contributed by atoms with Crippen LogP contribution in [-0.4, -0.2) is 23.7 Å². The molecule has 0 aromatic rings. The number of hydrogen-bond acceptors (Lipinski definition) is 1. The Hall–Kier alpha value is 0.0500. The van der Waals surface area contributed by atoms with E-state index in [2.05, 4.69) is 5.32 Å². The molecule has 0 aliphatic rings. The zero-order chi connectivity index (χ0) is 7.28. The lowest BCUT2D eigenvalue weighted by Gasteiger charge is -2.03. The van der Waals surface area contributed by atoms with Gasteiger partial charge in [0.1, 0.15) is 5.38 Å². The van der Waals surface area contributed by atoms with Gasteiger partial charge in [-0.05, 0) is 6.92 Å². The molecule has 0 aliphatic carbocycles. The Kier molecular flexibility index (Phi) is 4.91. The Morgan fingerprint density at radius 1 is 1.78 bits per heavy atom. The predicted molar refractivity (Wildman–Crippen MR) is 39.0 cm³/mol. The van der Waals surface area contributed by atoms with E-state index in [9.17, 15) is 4.79 Å². The maximum atomic E-state index is 10.6. The van der Waals surface area contributed by atoms with E-state index in [4.69, 9.17) is 23.2 Å². The van der Waals surface area contributed by atoms with Gasteiger partial charge in [-0.1, -0.05) is 0 Å². The van der Waals surface area contributed by atoms with Crippen LogP contribution < -0.4 is 5.32 Å². The summed E-state index contributed by atoms with van der Waals surface area (Å²) in [4.78, 5) is 10.6. The number of nitrogens with one attached hydrogen (secondary N) is 1. The average Bonchev–Trinajstić information content (AvgIpc) is 1.87. The molecule has 1 amide bonds. The summed E-state index contributed by atoms with van der Waals surface area (Å²) in [6.45, 7) is 2.43. The molecule has 0 aromatic heterocycles. The van der Waals surface area contributed by atoms with Gasteiger partial charge in [-0.25, -0.2) is 0 Å². The van der Waals surface area contributed by atoms with E-state index in [1.54, 1.807) is 0 Å². The molecule has 9 heavy (non-hydrogen) atoms. The highest BCUT2D eigenvalue weighted by Crippen LogP contribution is 1.97. The number of amides is 1. The van der Waals surface area contributed by atoms with Crippen LogP contribution in [0.25, 0.3) is 0 Å². The van der Waals surface area contributed by atoms with E-state index in [-0.39, 0.29) is 11.8 Å². The maximum absolute atomic E-state index is 10.6. The minimum absolute atomic E-state index is 0.160. The maximum Gasteiger partial charge on any atom is 0.239 e. The molecule has 0 fully saturated rings. The first-order valence-electron chi connectivity index (χ1n) is 2.70. The van der Waals surface area contributed by atoms with Crippen LogP contribution in [0, 0.1) is 0 Å². The number of carbonyl (C=O) groups is 1. The fraction of sp³-hybridized carbons (Fsp3) is 0.800. The lowest BCUT2D eigenvalue weighted by molar-refractivity contribution is -0.120. The summed E-state index contributed by atoms with van der Waals surface area (Å²) in [5.41, 5.74) is 0. The highest BCUT2D eigenvalue weighted by molar-refractivity contribution is 6.35. The zero-order valence-corrected chi connectivity index (χ0v) is 6.67. The van der Waals surface area contributed by atoms with Gasteiger partial charge in [-0.3, -0.25) is 4.79 Å². The summed E-state index contributed by atoms with van der Waals surface area (Å²) in [6.07, 6.45) is 0. The number of carbonyl (C=O) groups excluding carboxylic acids is 1. The lowest BCUT2D eigenvalue weighted by atomic mass is 10.4. The third-order valence-corrected chi connectivity index (χ3v) is 1.59. The van der Waals surface area contributed by atoms with Crippen molar-refractivity contribution >= 4 is 29.1 Å². The lowest BCUT2D eigenvalue weighted by Crippen LogP contribution is -2.31. The van der Waals surface area contributed by atoms with Gasteiger partial charge < -0.3 is 5.32 Å². The van der Waals surface area contributed by atoms with Crippen molar-refractivity contribution in [2.24, 2.45) is 0 Å². The first-order valence-corrected chi connectivity index (χ1v) is 3.67. The topological polar surface area (TPSA) is 29.1 Å². The highest BCUT2D eigenvalue weighted by Gasteiger charge is 2.11. The summed E-state index contributed by atoms with van der Waals surface area (Å²) >= 11 is 10.7. The first-order chi connectivity index (χ1) is 4.22. The van der Waals surface area contributed by atoms with Gasteiger partial charge in [0.05, 0.1) is 0 Å². The van der Waals surface area contributed by atoms with Crippen molar-refractivity contribution in [3.8, 4) is 0 Å². The highest BCUT2D eigenvalue weighted by atomic mass is 35.5. The van der Waals surface area contributed by atoms with Gasteiger partial charge in [0, 0.05) is 12.4 Å². The van der Waals surface area contributed by atoms with E-state index < -0.39 is 5.38 Å². The summed E-state index contributed by atoms with van der Waals surface area (Å²) < 4.78 is 0. The molecule has 0 radical (unpaired) electrons. The van der Waals surface area contributed by atoms with Crippen molar-refractivity contribution in [3.05, 3.63) is 0 Å². The van der Waals surface area contributed by atoms with Gasteiger partial charge in [0.25, 0.3) is 0 Å². The number of hydrogen-bond donors (Lipinski definition) is 1. The van der Waals surface area contributed by atoms with Crippen LogP contribution in [-0.2, 0) is 4.79 Å². The molecule has 0 rings (SSSR count). The Morgan fingerprint density at radius 2 is 2.33 bits per heavy atom. The smallest absolute Gasteiger partial charge is 0.239 e. The van der Waals surface area contributed by atoms with Gasteiger partial charge in [0.15, 0.2) is 0 Å². The second-order valence-electron chi connectivity index (χ2n) is 1.52. The molecular weight excluding hydrogens is 161 g/mol. The average molecular weight is 170 g/mol. The molecule has 0 heterocycles. The molecule has 54 valence electrons. The Labute approximate surface area is 64.5 Å². The zero-order valence-electron chi connectivity index (χ0n) is 5.16. The van der Waals surface area contributed by atoms with Crippen LogP contribution in [0.1, 0.15) is 6.92 Å². The van der Waals surface area contributed by atoms with Crippen LogP contribution in [0.2, 0.25) is 0 Å². The molecule has 1 N–H and O–H groups in total. The van der Waals surface area contributed by atoms with Crippen molar-refractivity contribution in [1.29, 1.82) is 0 Å². The van der Waals surface area contributed by atoms with E-state index >= 15 is 0 Å². The largest absolute Gasteiger partial charge is 0.355 e. The van der Waals surface area contributed by atoms with E-state index in [0.29, 0.717) is 6.54 Å². The van der Waals surface area contributed by atoms with Crippen molar-refractivity contribution in [3.63, 3.8) is 0 Å². The van der Waals surface area contributed by atoms with Crippen LogP contribution in [0.3, 0.4) is 0 Å². The van der Waals surface area contributed by atoms with Gasteiger partial charge >= 0.3 is 0 Å². The third kappa shape index (κ3) is 3.60. The summed E-state index contributed by atoms with van der Waals surface area (Å²) in [6, 6.07) is 0. The van der Waals surface area contributed by atoms with Crippen molar-refractivity contribution < 1.29 is 4.79 Å².